The minimum absolute atomic E-state index is 0.105. The highest BCUT2D eigenvalue weighted by Gasteiger charge is 2.31. The van der Waals surface area contributed by atoms with Crippen LogP contribution in [-0.4, -0.2) is 90.2 Å². The number of likely N-dealkylation sites (N-methyl/N-ethyl adjacent to an activating group) is 1. The average Bonchev–Trinajstić information content (AvgIpc) is 2.77. The number of hydrogen-bond donors (Lipinski definition) is 3. The summed E-state index contributed by atoms with van der Waals surface area (Å²) in [4.78, 5) is 13.7. The van der Waals surface area contributed by atoms with Crippen molar-refractivity contribution in [3.05, 3.63) is 30.3 Å². The average molecular weight is 483 g/mol. The van der Waals surface area contributed by atoms with Gasteiger partial charge in [0.15, 0.2) is 0 Å². The lowest BCUT2D eigenvalue weighted by atomic mass is 10.1. The number of aliphatic hydroxyl groups is 1. The van der Waals surface area contributed by atoms with Crippen molar-refractivity contribution in [3.8, 4) is 17.0 Å². The number of nitrogens with zero attached hydrogens (tertiary/aromatic N) is 4. The molecule has 1 aliphatic heterocycles. The summed E-state index contributed by atoms with van der Waals surface area (Å²) in [5.41, 5.74) is 0.895. The maximum Gasteiger partial charge on any atom is 0.573 e. The number of rotatable bonds is 10. The first-order chi connectivity index (χ1) is 16.1. The van der Waals surface area contributed by atoms with Gasteiger partial charge in [-0.3, -0.25) is 4.90 Å². The summed E-state index contributed by atoms with van der Waals surface area (Å²) in [6.07, 6.45) is -4.78. The van der Waals surface area contributed by atoms with Crippen LogP contribution in [0.4, 0.5) is 24.9 Å². The van der Waals surface area contributed by atoms with E-state index < -0.39 is 6.36 Å². The number of alkyl halides is 3. The standard InChI is InChI=1S/C23H33F3N6O2/c1-16(2)20(15-33)29-22-28-19(17-5-4-6-18(13-17)34-23(24,25)26)14-21(30-22)27-7-8-32-11-9-31(3)10-12-32/h4-6,13-14,16,20,33H,7-12,15H2,1-3H3,(H2,27,28,29,30)/t20-/m1/s1. The van der Waals surface area contributed by atoms with Crippen molar-refractivity contribution in [1.29, 1.82) is 0 Å². The Bertz CT molecular complexity index is 920. The topological polar surface area (TPSA) is 85.8 Å². The van der Waals surface area contributed by atoms with E-state index in [-0.39, 0.29) is 30.3 Å². The fourth-order valence-corrected chi connectivity index (χ4v) is 3.61. The van der Waals surface area contributed by atoms with Crippen LogP contribution in [0.2, 0.25) is 0 Å². The van der Waals surface area contributed by atoms with Gasteiger partial charge in [0.25, 0.3) is 0 Å². The smallest absolute Gasteiger partial charge is 0.406 e. The van der Waals surface area contributed by atoms with E-state index >= 15 is 0 Å². The zero-order chi connectivity index (χ0) is 24.7. The summed E-state index contributed by atoms with van der Waals surface area (Å²) >= 11 is 0. The molecule has 1 aromatic carbocycles. The van der Waals surface area contributed by atoms with Crippen molar-refractivity contribution >= 4 is 11.8 Å². The Hall–Kier alpha value is -2.63. The molecule has 0 aliphatic carbocycles. The predicted molar refractivity (Wildman–Crippen MR) is 126 cm³/mol. The molecule has 0 spiro atoms. The molecule has 3 rings (SSSR count). The van der Waals surface area contributed by atoms with Gasteiger partial charge in [-0.2, -0.15) is 4.98 Å². The van der Waals surface area contributed by atoms with Gasteiger partial charge in [-0.25, -0.2) is 4.98 Å². The predicted octanol–water partition coefficient (Wildman–Crippen LogP) is 3.13. The molecule has 0 unspecified atom stereocenters. The zero-order valence-electron chi connectivity index (χ0n) is 19.8. The molecular weight excluding hydrogens is 449 g/mol. The van der Waals surface area contributed by atoms with Gasteiger partial charge in [0.2, 0.25) is 5.95 Å². The van der Waals surface area contributed by atoms with Gasteiger partial charge in [0.05, 0.1) is 18.3 Å². The molecule has 8 nitrogen and oxygen atoms in total. The van der Waals surface area contributed by atoms with Gasteiger partial charge in [-0.05, 0) is 25.1 Å². The number of aromatic nitrogens is 2. The molecule has 1 fully saturated rings. The van der Waals surface area contributed by atoms with Crippen LogP contribution in [0.15, 0.2) is 30.3 Å². The van der Waals surface area contributed by atoms with Crippen LogP contribution in [-0.2, 0) is 0 Å². The van der Waals surface area contributed by atoms with E-state index in [0.29, 0.717) is 23.6 Å². The lowest BCUT2D eigenvalue weighted by Crippen LogP contribution is -2.45. The minimum atomic E-state index is -4.78. The lowest BCUT2D eigenvalue weighted by Gasteiger charge is -2.32. The van der Waals surface area contributed by atoms with Crippen LogP contribution in [0.3, 0.4) is 0 Å². The number of aliphatic hydroxyl groups excluding tert-OH is 1. The maximum absolute atomic E-state index is 12.7. The summed E-state index contributed by atoms with van der Waals surface area (Å²) in [5.74, 6) is 0.631. The molecule has 1 aliphatic rings. The molecule has 0 saturated carbocycles. The summed E-state index contributed by atoms with van der Waals surface area (Å²) < 4.78 is 42.1. The molecule has 0 amide bonds. The van der Waals surface area contributed by atoms with Gasteiger partial charge in [-0.15, -0.1) is 13.2 Å². The van der Waals surface area contributed by atoms with Crippen LogP contribution in [0.5, 0.6) is 5.75 Å². The van der Waals surface area contributed by atoms with Crippen molar-refractivity contribution in [2.24, 2.45) is 5.92 Å². The van der Waals surface area contributed by atoms with E-state index in [1.807, 2.05) is 13.8 Å². The second kappa shape index (κ2) is 11.7. The number of piperazine rings is 1. The summed E-state index contributed by atoms with van der Waals surface area (Å²) in [7, 11) is 2.11. The second-order valence-corrected chi connectivity index (χ2v) is 8.79. The number of halogens is 3. The molecule has 1 saturated heterocycles. The van der Waals surface area contributed by atoms with Crippen molar-refractivity contribution in [2.45, 2.75) is 26.3 Å². The fraction of sp³-hybridized carbons (Fsp3) is 0.565. The second-order valence-electron chi connectivity index (χ2n) is 8.79. The van der Waals surface area contributed by atoms with Gasteiger partial charge >= 0.3 is 6.36 Å². The van der Waals surface area contributed by atoms with E-state index in [1.165, 1.54) is 18.2 Å². The van der Waals surface area contributed by atoms with E-state index in [4.69, 9.17) is 0 Å². The zero-order valence-corrected chi connectivity index (χ0v) is 19.8. The normalized spacial score (nSPS) is 16.5. The molecule has 34 heavy (non-hydrogen) atoms. The van der Waals surface area contributed by atoms with Gasteiger partial charge < -0.3 is 25.4 Å². The van der Waals surface area contributed by atoms with Crippen molar-refractivity contribution in [2.75, 3.05) is 63.6 Å². The third kappa shape index (κ3) is 8.00. The Morgan fingerprint density at radius 3 is 2.50 bits per heavy atom. The SMILES string of the molecule is CC(C)[C@@H](CO)Nc1nc(NCCN2CCN(C)CC2)cc(-c2cccc(OC(F)(F)F)c2)n1. The first-order valence-electron chi connectivity index (χ1n) is 11.4. The Balaban J connectivity index is 1.80. The van der Waals surface area contributed by atoms with E-state index in [0.717, 1.165) is 32.7 Å². The third-order valence-corrected chi connectivity index (χ3v) is 5.74. The summed E-state index contributed by atoms with van der Waals surface area (Å²) in [6, 6.07) is 7.11. The fourth-order valence-electron chi connectivity index (χ4n) is 3.61. The number of nitrogens with one attached hydrogen (secondary N) is 2. The molecule has 1 aromatic heterocycles. The first kappa shape index (κ1) is 26.0. The molecule has 188 valence electrons. The van der Waals surface area contributed by atoms with Crippen LogP contribution in [0.1, 0.15) is 13.8 Å². The van der Waals surface area contributed by atoms with Crippen molar-refractivity contribution in [3.63, 3.8) is 0 Å². The number of ether oxygens (including phenoxy) is 1. The Morgan fingerprint density at radius 1 is 1.12 bits per heavy atom. The summed E-state index contributed by atoms with van der Waals surface area (Å²) in [6.45, 7) is 9.37. The third-order valence-electron chi connectivity index (χ3n) is 5.74. The van der Waals surface area contributed by atoms with Crippen molar-refractivity contribution in [1.82, 2.24) is 19.8 Å². The highest BCUT2D eigenvalue weighted by Crippen LogP contribution is 2.29. The van der Waals surface area contributed by atoms with Crippen LogP contribution >= 0.6 is 0 Å². The molecular formula is C23H33F3N6O2. The Kier molecular flexibility index (Phi) is 8.92. The Labute approximate surface area is 198 Å². The quantitative estimate of drug-likeness (QED) is 0.476. The lowest BCUT2D eigenvalue weighted by molar-refractivity contribution is -0.274. The molecule has 0 bridgehead atoms. The number of benzene rings is 1. The number of anilines is 2. The van der Waals surface area contributed by atoms with E-state index in [9.17, 15) is 18.3 Å². The highest BCUT2D eigenvalue weighted by molar-refractivity contribution is 5.66. The van der Waals surface area contributed by atoms with Crippen LogP contribution < -0.4 is 15.4 Å². The van der Waals surface area contributed by atoms with Crippen LogP contribution in [0.25, 0.3) is 11.3 Å². The minimum Gasteiger partial charge on any atom is -0.406 e. The Morgan fingerprint density at radius 2 is 1.85 bits per heavy atom. The van der Waals surface area contributed by atoms with Crippen LogP contribution in [0, 0.1) is 5.92 Å². The molecule has 2 aromatic rings. The molecule has 0 radical (unpaired) electrons. The number of hydrogen-bond acceptors (Lipinski definition) is 8. The molecule has 1 atom stereocenters. The molecule has 11 heteroatoms. The monoisotopic (exact) mass is 482 g/mol. The maximum atomic E-state index is 12.7. The summed E-state index contributed by atoms with van der Waals surface area (Å²) in [5, 5.41) is 16.1. The van der Waals surface area contributed by atoms with Gasteiger partial charge in [0, 0.05) is 50.9 Å². The molecule has 2 heterocycles. The van der Waals surface area contributed by atoms with Crippen molar-refractivity contribution < 1.29 is 23.0 Å². The first-order valence-corrected chi connectivity index (χ1v) is 11.4. The van der Waals surface area contributed by atoms with Gasteiger partial charge in [-0.1, -0.05) is 26.0 Å². The largest absolute Gasteiger partial charge is 0.573 e. The molecule has 3 N–H and O–H groups in total. The highest BCUT2D eigenvalue weighted by atomic mass is 19.4. The van der Waals surface area contributed by atoms with Gasteiger partial charge in [0.1, 0.15) is 11.6 Å². The van der Waals surface area contributed by atoms with E-state index in [2.05, 4.69) is 42.2 Å². The van der Waals surface area contributed by atoms with E-state index in [1.54, 1.807) is 12.1 Å².